The first-order valence-corrected chi connectivity index (χ1v) is 11.3. The molecule has 0 unspecified atom stereocenters. The number of hydrogen-bond acceptors (Lipinski definition) is 7. The van der Waals surface area contributed by atoms with Gasteiger partial charge in [0, 0.05) is 5.56 Å². The second-order valence-corrected chi connectivity index (χ2v) is 8.37. The Balaban J connectivity index is 1.59. The minimum atomic E-state index is -0.481. The number of aromatic nitrogens is 4. The second-order valence-electron chi connectivity index (χ2n) is 7.45. The van der Waals surface area contributed by atoms with Gasteiger partial charge in [-0.05, 0) is 55.6 Å². The lowest BCUT2D eigenvalue weighted by Gasteiger charge is -2.11. The summed E-state index contributed by atoms with van der Waals surface area (Å²) in [7, 11) is 0. The van der Waals surface area contributed by atoms with Crippen LogP contribution in [0, 0.1) is 6.92 Å². The van der Waals surface area contributed by atoms with Gasteiger partial charge in [-0.2, -0.15) is 4.98 Å². The van der Waals surface area contributed by atoms with Crippen LogP contribution in [0.15, 0.2) is 74.1 Å². The monoisotopic (exact) mass is 460 g/mol. The molecule has 0 aliphatic rings. The average molecular weight is 461 g/mol. The summed E-state index contributed by atoms with van der Waals surface area (Å²) in [5.41, 5.74) is 2.06. The van der Waals surface area contributed by atoms with Crippen molar-refractivity contribution in [3.05, 3.63) is 92.3 Å². The number of rotatable bonds is 6. The maximum absolute atomic E-state index is 13.4. The highest BCUT2D eigenvalue weighted by atomic mass is 32.1. The summed E-state index contributed by atoms with van der Waals surface area (Å²) in [6.07, 6.45) is 0. The third-order valence-corrected chi connectivity index (χ3v) is 6.09. The lowest BCUT2D eigenvalue weighted by atomic mass is 10.1. The normalized spacial score (nSPS) is 11.2. The number of hydrogen-bond donors (Lipinski definition) is 0. The Kier molecular flexibility index (Phi) is 5.39. The molecule has 0 radical (unpaired) electrons. The maximum atomic E-state index is 13.4. The molecular weight excluding hydrogens is 440 g/mol. The van der Waals surface area contributed by atoms with Crippen molar-refractivity contribution in [3.8, 4) is 22.8 Å². The van der Waals surface area contributed by atoms with Crippen LogP contribution < -0.4 is 16.0 Å². The Morgan fingerprint density at radius 2 is 1.91 bits per heavy atom. The van der Waals surface area contributed by atoms with Crippen LogP contribution in [0.3, 0.4) is 0 Å². The first-order chi connectivity index (χ1) is 16.0. The summed E-state index contributed by atoms with van der Waals surface area (Å²) < 4.78 is 14.0. The third kappa shape index (κ3) is 3.87. The SMILES string of the molecule is CCOc1ccc(-n2c(=O)c3sccc3n(Cc3nc(-c4cccc(C)c4)no3)c2=O)cc1. The maximum Gasteiger partial charge on any atom is 0.336 e. The third-order valence-electron chi connectivity index (χ3n) is 5.20. The lowest BCUT2D eigenvalue weighted by Crippen LogP contribution is -2.38. The quantitative estimate of drug-likeness (QED) is 0.380. The predicted molar refractivity (Wildman–Crippen MR) is 126 cm³/mol. The summed E-state index contributed by atoms with van der Waals surface area (Å²) in [6, 6.07) is 16.4. The van der Waals surface area contributed by atoms with E-state index in [0.29, 0.717) is 34.1 Å². The Morgan fingerprint density at radius 3 is 2.67 bits per heavy atom. The first-order valence-electron chi connectivity index (χ1n) is 10.4. The van der Waals surface area contributed by atoms with E-state index in [1.54, 1.807) is 35.7 Å². The van der Waals surface area contributed by atoms with Gasteiger partial charge in [0.2, 0.25) is 11.7 Å². The van der Waals surface area contributed by atoms with Crippen molar-refractivity contribution in [1.29, 1.82) is 0 Å². The van der Waals surface area contributed by atoms with Crippen molar-refractivity contribution in [1.82, 2.24) is 19.3 Å². The Hall–Kier alpha value is -3.98. The molecule has 0 spiro atoms. The van der Waals surface area contributed by atoms with Crippen LogP contribution >= 0.6 is 11.3 Å². The molecule has 2 aromatic carbocycles. The number of fused-ring (bicyclic) bond motifs is 1. The molecule has 5 aromatic rings. The molecule has 166 valence electrons. The summed E-state index contributed by atoms with van der Waals surface area (Å²) >= 11 is 1.29. The number of nitrogens with zero attached hydrogens (tertiary/aromatic N) is 4. The van der Waals surface area contributed by atoms with E-state index in [9.17, 15) is 9.59 Å². The van der Waals surface area contributed by atoms with Gasteiger partial charge in [-0.25, -0.2) is 9.36 Å². The van der Waals surface area contributed by atoms with Crippen LogP contribution in [0.5, 0.6) is 5.75 Å². The van der Waals surface area contributed by atoms with Crippen molar-refractivity contribution in [2.45, 2.75) is 20.4 Å². The molecule has 3 heterocycles. The van der Waals surface area contributed by atoms with E-state index < -0.39 is 5.69 Å². The molecule has 0 bridgehead atoms. The van der Waals surface area contributed by atoms with Crippen molar-refractivity contribution >= 4 is 21.6 Å². The Bertz CT molecular complexity index is 1560. The lowest BCUT2D eigenvalue weighted by molar-refractivity contribution is 0.340. The molecule has 9 heteroatoms. The fourth-order valence-corrected chi connectivity index (χ4v) is 4.51. The summed E-state index contributed by atoms with van der Waals surface area (Å²) in [5.74, 6) is 1.39. The molecule has 5 rings (SSSR count). The zero-order valence-corrected chi connectivity index (χ0v) is 18.8. The molecule has 3 aromatic heterocycles. The van der Waals surface area contributed by atoms with Crippen LogP contribution in [0.4, 0.5) is 0 Å². The fraction of sp³-hybridized carbons (Fsp3) is 0.167. The van der Waals surface area contributed by atoms with Crippen LogP contribution in [0.2, 0.25) is 0 Å². The van der Waals surface area contributed by atoms with Gasteiger partial charge in [-0.3, -0.25) is 9.36 Å². The van der Waals surface area contributed by atoms with Crippen molar-refractivity contribution in [2.75, 3.05) is 6.61 Å². The van der Waals surface area contributed by atoms with Gasteiger partial charge < -0.3 is 9.26 Å². The molecule has 0 aliphatic heterocycles. The number of benzene rings is 2. The molecule has 0 N–H and O–H groups in total. The fourth-order valence-electron chi connectivity index (χ4n) is 3.68. The van der Waals surface area contributed by atoms with Gasteiger partial charge in [-0.15, -0.1) is 11.3 Å². The van der Waals surface area contributed by atoms with E-state index in [4.69, 9.17) is 9.26 Å². The second kappa shape index (κ2) is 8.51. The van der Waals surface area contributed by atoms with Gasteiger partial charge in [0.15, 0.2) is 0 Å². The standard InChI is InChI=1S/C24H20N4O4S/c1-3-31-18-9-7-17(8-10-18)28-23(29)21-19(11-12-33-21)27(24(28)30)14-20-25-22(26-32-20)16-6-4-5-15(2)13-16/h4-13H,3,14H2,1-2H3. The number of aryl methyl sites for hydroxylation is 1. The Labute approximate surface area is 192 Å². The van der Waals surface area contributed by atoms with Gasteiger partial charge >= 0.3 is 5.69 Å². The highest BCUT2D eigenvalue weighted by Gasteiger charge is 2.18. The molecule has 0 atom stereocenters. The smallest absolute Gasteiger partial charge is 0.336 e. The molecule has 33 heavy (non-hydrogen) atoms. The van der Waals surface area contributed by atoms with Gasteiger partial charge in [-0.1, -0.05) is 28.9 Å². The van der Waals surface area contributed by atoms with E-state index in [1.165, 1.54) is 15.9 Å². The van der Waals surface area contributed by atoms with E-state index in [0.717, 1.165) is 15.7 Å². The molecule has 0 saturated heterocycles. The average Bonchev–Trinajstić information content (AvgIpc) is 3.48. The molecule has 0 amide bonds. The minimum absolute atomic E-state index is 0.0438. The van der Waals surface area contributed by atoms with Crippen molar-refractivity contribution < 1.29 is 9.26 Å². The molecule has 0 fully saturated rings. The largest absolute Gasteiger partial charge is 0.494 e. The van der Waals surface area contributed by atoms with Crippen molar-refractivity contribution in [3.63, 3.8) is 0 Å². The molecular formula is C24H20N4O4S. The van der Waals surface area contributed by atoms with Gasteiger partial charge in [0.1, 0.15) is 17.0 Å². The zero-order chi connectivity index (χ0) is 22.9. The van der Waals surface area contributed by atoms with Gasteiger partial charge in [0.25, 0.3) is 5.56 Å². The number of thiophene rings is 1. The summed E-state index contributed by atoms with van der Waals surface area (Å²) in [6.45, 7) is 4.45. The van der Waals surface area contributed by atoms with E-state index >= 15 is 0 Å². The van der Waals surface area contributed by atoms with E-state index in [-0.39, 0.29) is 18.0 Å². The molecule has 0 saturated carbocycles. The molecule has 8 nitrogen and oxygen atoms in total. The zero-order valence-electron chi connectivity index (χ0n) is 18.0. The number of ether oxygens (including phenoxy) is 1. The van der Waals surface area contributed by atoms with E-state index in [1.807, 2.05) is 38.1 Å². The van der Waals surface area contributed by atoms with Crippen LogP contribution in [-0.4, -0.2) is 25.9 Å². The molecule has 0 aliphatic carbocycles. The topological polar surface area (TPSA) is 92.2 Å². The van der Waals surface area contributed by atoms with Crippen LogP contribution in [0.1, 0.15) is 18.4 Å². The van der Waals surface area contributed by atoms with Gasteiger partial charge in [0.05, 0.1) is 17.8 Å². The summed E-state index contributed by atoms with van der Waals surface area (Å²) in [5, 5.41) is 5.85. The van der Waals surface area contributed by atoms with Crippen LogP contribution in [0.25, 0.3) is 27.3 Å². The van der Waals surface area contributed by atoms with Crippen molar-refractivity contribution in [2.24, 2.45) is 0 Å². The summed E-state index contributed by atoms with van der Waals surface area (Å²) in [4.78, 5) is 31.0. The van der Waals surface area contributed by atoms with E-state index in [2.05, 4.69) is 10.1 Å². The first kappa shape index (κ1) is 20.9. The van der Waals surface area contributed by atoms with Crippen LogP contribution in [-0.2, 0) is 6.54 Å². The predicted octanol–water partition coefficient (Wildman–Crippen LogP) is 4.02. The highest BCUT2D eigenvalue weighted by molar-refractivity contribution is 7.17. The Morgan fingerprint density at radius 1 is 1.09 bits per heavy atom. The highest BCUT2D eigenvalue weighted by Crippen LogP contribution is 2.20. The minimum Gasteiger partial charge on any atom is -0.494 e.